The molecule has 2 amide bonds. The number of hydrogen-bond acceptors (Lipinski definition) is 2. The summed E-state index contributed by atoms with van der Waals surface area (Å²) in [6.45, 7) is 6.65. The van der Waals surface area contributed by atoms with Gasteiger partial charge in [-0.15, -0.1) is 0 Å². The molecule has 0 bridgehead atoms. The van der Waals surface area contributed by atoms with E-state index in [1.54, 1.807) is 12.1 Å². The second-order valence-electron chi connectivity index (χ2n) is 8.22. The van der Waals surface area contributed by atoms with Crippen LogP contribution in [-0.2, 0) is 6.42 Å². The molecule has 0 aliphatic carbocycles. The molecule has 0 unspecified atom stereocenters. The Balaban J connectivity index is 1.66. The first-order chi connectivity index (χ1) is 13.0. The van der Waals surface area contributed by atoms with Crippen LogP contribution < -0.4 is 10.6 Å². The summed E-state index contributed by atoms with van der Waals surface area (Å²) in [5.74, 6) is -0.266. The molecule has 27 heavy (non-hydrogen) atoms. The number of benzene rings is 2. The summed E-state index contributed by atoms with van der Waals surface area (Å²) < 4.78 is 13.5. The van der Waals surface area contributed by atoms with E-state index in [-0.39, 0.29) is 29.3 Å². The van der Waals surface area contributed by atoms with Crippen molar-refractivity contribution in [1.29, 1.82) is 0 Å². The number of halogens is 1. The highest BCUT2D eigenvalue weighted by atomic mass is 19.1. The van der Waals surface area contributed by atoms with Gasteiger partial charge >= 0.3 is 6.03 Å². The molecular weight excluding hydrogens is 341 g/mol. The van der Waals surface area contributed by atoms with Crippen molar-refractivity contribution in [1.82, 2.24) is 15.5 Å². The summed E-state index contributed by atoms with van der Waals surface area (Å²) in [6.07, 6.45) is 0.827. The average Bonchev–Trinajstić information content (AvgIpc) is 2.99. The first kappa shape index (κ1) is 18.0. The maximum absolute atomic E-state index is 13.5. The van der Waals surface area contributed by atoms with Gasteiger partial charge in [-0.1, -0.05) is 50.2 Å². The fourth-order valence-electron chi connectivity index (χ4n) is 4.21. The van der Waals surface area contributed by atoms with Gasteiger partial charge in [-0.2, -0.15) is 0 Å². The van der Waals surface area contributed by atoms with E-state index in [0.717, 1.165) is 30.6 Å². The van der Waals surface area contributed by atoms with Crippen LogP contribution in [-0.4, -0.2) is 36.6 Å². The molecule has 142 valence electrons. The number of fused-ring (bicyclic) bond motifs is 1. The average molecular weight is 367 g/mol. The Labute approximate surface area is 159 Å². The van der Waals surface area contributed by atoms with E-state index in [9.17, 15) is 9.18 Å². The normalized spacial score (nSPS) is 23.7. The molecule has 1 saturated heterocycles. The summed E-state index contributed by atoms with van der Waals surface area (Å²) in [6, 6.07) is 14.6. The fraction of sp³-hybridized carbons (Fsp3) is 0.409. The molecule has 2 aromatic carbocycles. The zero-order chi connectivity index (χ0) is 19.0. The maximum atomic E-state index is 13.5. The third-order valence-corrected chi connectivity index (χ3v) is 5.90. The third-order valence-electron chi connectivity index (χ3n) is 5.90. The highest BCUT2D eigenvalue weighted by molar-refractivity contribution is 5.76. The van der Waals surface area contributed by atoms with Crippen LogP contribution in [0.1, 0.15) is 36.6 Å². The minimum Gasteiger partial charge on any atom is -0.333 e. The summed E-state index contributed by atoms with van der Waals surface area (Å²) in [5.41, 5.74) is 3.32. The van der Waals surface area contributed by atoms with Gasteiger partial charge in [-0.05, 0) is 40.7 Å². The van der Waals surface area contributed by atoms with Gasteiger partial charge in [0.1, 0.15) is 5.82 Å². The Hall–Kier alpha value is -2.40. The summed E-state index contributed by atoms with van der Waals surface area (Å²) in [5, 5.41) is 6.59. The van der Waals surface area contributed by atoms with E-state index < -0.39 is 0 Å². The molecule has 0 saturated carbocycles. The van der Waals surface area contributed by atoms with Crippen LogP contribution in [0, 0.1) is 11.2 Å². The van der Waals surface area contributed by atoms with Crippen molar-refractivity contribution in [2.24, 2.45) is 5.41 Å². The molecule has 5 heteroatoms. The smallest absolute Gasteiger partial charge is 0.318 e. The Morgan fingerprint density at radius 1 is 1.19 bits per heavy atom. The van der Waals surface area contributed by atoms with Crippen molar-refractivity contribution in [3.05, 3.63) is 71.0 Å². The SMILES string of the molecule is CC1(C)CNC[C@H]1NC(=O)N1CCc2ccccc2[C@@H]1c1ccc(F)cc1. The van der Waals surface area contributed by atoms with Crippen molar-refractivity contribution in [2.45, 2.75) is 32.4 Å². The second kappa shape index (κ2) is 6.97. The number of amides is 2. The van der Waals surface area contributed by atoms with Crippen LogP contribution in [0.5, 0.6) is 0 Å². The number of carbonyl (C=O) groups is 1. The van der Waals surface area contributed by atoms with Crippen molar-refractivity contribution >= 4 is 6.03 Å². The second-order valence-corrected chi connectivity index (χ2v) is 8.22. The Morgan fingerprint density at radius 3 is 2.63 bits per heavy atom. The lowest BCUT2D eigenvalue weighted by molar-refractivity contribution is 0.169. The van der Waals surface area contributed by atoms with Crippen molar-refractivity contribution < 1.29 is 9.18 Å². The van der Waals surface area contributed by atoms with Crippen molar-refractivity contribution in [3.63, 3.8) is 0 Å². The van der Waals surface area contributed by atoms with Crippen LogP contribution in [0.4, 0.5) is 9.18 Å². The first-order valence-corrected chi connectivity index (χ1v) is 9.57. The molecule has 0 spiro atoms. The van der Waals surface area contributed by atoms with E-state index in [1.807, 2.05) is 17.0 Å². The van der Waals surface area contributed by atoms with Gasteiger partial charge in [0, 0.05) is 25.7 Å². The van der Waals surface area contributed by atoms with E-state index in [2.05, 4.69) is 36.6 Å². The minimum atomic E-state index is -0.266. The van der Waals surface area contributed by atoms with Gasteiger partial charge in [-0.3, -0.25) is 0 Å². The molecular formula is C22H26FN3O. The Morgan fingerprint density at radius 2 is 1.93 bits per heavy atom. The maximum Gasteiger partial charge on any atom is 0.318 e. The predicted molar refractivity (Wildman–Crippen MR) is 104 cm³/mol. The standard InChI is InChI=1S/C22H26FN3O/c1-22(2)14-24-13-19(22)25-21(27)26-12-11-15-5-3-4-6-18(15)20(26)16-7-9-17(23)10-8-16/h3-10,19-20,24H,11-14H2,1-2H3,(H,25,27)/t19-,20+/m1/s1. The monoisotopic (exact) mass is 367 g/mol. The van der Waals surface area contributed by atoms with E-state index in [4.69, 9.17) is 0 Å². The molecule has 4 rings (SSSR count). The predicted octanol–water partition coefficient (Wildman–Crippen LogP) is 3.48. The van der Waals surface area contributed by atoms with Crippen LogP contribution in [0.2, 0.25) is 0 Å². The summed E-state index contributed by atoms with van der Waals surface area (Å²) >= 11 is 0. The molecule has 2 heterocycles. The van der Waals surface area contributed by atoms with Gasteiger partial charge in [0.2, 0.25) is 0 Å². The lowest BCUT2D eigenvalue weighted by Crippen LogP contribution is -2.52. The zero-order valence-corrected chi connectivity index (χ0v) is 15.8. The third kappa shape index (κ3) is 3.44. The van der Waals surface area contributed by atoms with Gasteiger partial charge in [0.15, 0.2) is 0 Å². The molecule has 1 fully saturated rings. The van der Waals surface area contributed by atoms with Crippen LogP contribution in [0.3, 0.4) is 0 Å². The molecule has 2 aliphatic heterocycles. The van der Waals surface area contributed by atoms with Crippen LogP contribution in [0.25, 0.3) is 0 Å². The zero-order valence-electron chi connectivity index (χ0n) is 15.8. The lowest BCUT2D eigenvalue weighted by Gasteiger charge is -2.39. The highest BCUT2D eigenvalue weighted by Crippen LogP contribution is 2.35. The minimum absolute atomic E-state index is 0.0225. The molecule has 4 nitrogen and oxygen atoms in total. The van der Waals surface area contributed by atoms with Gasteiger partial charge < -0.3 is 15.5 Å². The van der Waals surface area contributed by atoms with Gasteiger partial charge in [0.05, 0.1) is 6.04 Å². The fourth-order valence-corrected chi connectivity index (χ4v) is 4.21. The number of nitrogens with zero attached hydrogens (tertiary/aromatic N) is 1. The van der Waals surface area contributed by atoms with E-state index >= 15 is 0 Å². The number of urea groups is 1. The Kier molecular flexibility index (Phi) is 4.64. The van der Waals surface area contributed by atoms with Gasteiger partial charge in [0.25, 0.3) is 0 Å². The number of hydrogen-bond donors (Lipinski definition) is 2. The number of nitrogens with one attached hydrogen (secondary N) is 2. The quantitative estimate of drug-likeness (QED) is 0.854. The van der Waals surface area contributed by atoms with Gasteiger partial charge in [-0.25, -0.2) is 9.18 Å². The topological polar surface area (TPSA) is 44.4 Å². The first-order valence-electron chi connectivity index (χ1n) is 9.57. The molecule has 2 N–H and O–H groups in total. The Bertz CT molecular complexity index is 834. The lowest BCUT2D eigenvalue weighted by atomic mass is 9.87. The molecule has 2 aliphatic rings. The molecule has 0 aromatic heterocycles. The van der Waals surface area contributed by atoms with E-state index in [0.29, 0.717) is 6.54 Å². The number of carbonyl (C=O) groups excluding carboxylic acids is 1. The van der Waals surface area contributed by atoms with Crippen molar-refractivity contribution in [2.75, 3.05) is 19.6 Å². The molecule has 2 atom stereocenters. The van der Waals surface area contributed by atoms with E-state index in [1.165, 1.54) is 17.7 Å². The van der Waals surface area contributed by atoms with Crippen molar-refractivity contribution in [3.8, 4) is 0 Å². The summed E-state index contributed by atoms with van der Waals surface area (Å²) in [7, 11) is 0. The molecule has 2 aromatic rings. The highest BCUT2D eigenvalue weighted by Gasteiger charge is 2.38. The largest absolute Gasteiger partial charge is 0.333 e. The summed E-state index contributed by atoms with van der Waals surface area (Å²) in [4.78, 5) is 15.1. The van der Waals surface area contributed by atoms with Crippen LogP contribution in [0.15, 0.2) is 48.5 Å². The van der Waals surface area contributed by atoms with Crippen LogP contribution >= 0.6 is 0 Å². The number of rotatable bonds is 2. The molecule has 0 radical (unpaired) electrons.